The van der Waals surface area contributed by atoms with Crippen molar-refractivity contribution in [3.63, 3.8) is 0 Å². The third kappa shape index (κ3) is 5.09. The molecule has 0 saturated heterocycles. The predicted molar refractivity (Wildman–Crippen MR) is 74.5 cm³/mol. The zero-order valence-corrected chi connectivity index (χ0v) is 11.8. The number of carbonyl (C=O) groups is 2. The normalized spacial score (nSPS) is 12.3. The molecule has 0 aliphatic carbocycles. The van der Waals surface area contributed by atoms with Crippen molar-refractivity contribution in [2.24, 2.45) is 5.10 Å². The van der Waals surface area contributed by atoms with Gasteiger partial charge in [-0.05, 0) is 25.1 Å². The van der Waals surface area contributed by atoms with Gasteiger partial charge >= 0.3 is 12.1 Å². The fourth-order valence-corrected chi connectivity index (χ4v) is 1.44. The van der Waals surface area contributed by atoms with Gasteiger partial charge in [-0.3, -0.25) is 0 Å². The second-order valence-electron chi connectivity index (χ2n) is 3.97. The molecule has 2 N–H and O–H groups in total. The maximum Gasteiger partial charge on any atom is 0.427 e. The minimum Gasteiger partial charge on any atom is -0.467 e. The zero-order valence-electron chi connectivity index (χ0n) is 11.8. The standard InChI is InChI=1S/C13H16FN3O4/c1-8(16-17-13(19)21-3)11(12(18)20-2)15-10-6-4-5-9(14)7-10/h4-7,11,15H,1-3H3,(H,17,19)/b16-8-. The van der Waals surface area contributed by atoms with E-state index in [1.165, 1.54) is 39.3 Å². The minimum atomic E-state index is -0.978. The summed E-state index contributed by atoms with van der Waals surface area (Å²) < 4.78 is 22.1. The molecule has 0 aliphatic rings. The lowest BCUT2D eigenvalue weighted by atomic mass is 10.2. The lowest BCUT2D eigenvalue weighted by molar-refractivity contribution is -0.139. The van der Waals surface area contributed by atoms with Crippen LogP contribution in [0, 0.1) is 5.82 Å². The van der Waals surface area contributed by atoms with Crippen molar-refractivity contribution in [1.82, 2.24) is 5.43 Å². The van der Waals surface area contributed by atoms with Crippen LogP contribution in [0.2, 0.25) is 0 Å². The molecule has 0 radical (unpaired) electrons. The van der Waals surface area contributed by atoms with Crippen LogP contribution in [0.3, 0.4) is 0 Å². The quantitative estimate of drug-likeness (QED) is 0.488. The van der Waals surface area contributed by atoms with Crippen LogP contribution in [0.25, 0.3) is 0 Å². The number of nitrogens with one attached hydrogen (secondary N) is 2. The molecule has 114 valence electrons. The first-order valence-electron chi connectivity index (χ1n) is 5.96. The number of esters is 1. The van der Waals surface area contributed by atoms with Crippen LogP contribution in [0.15, 0.2) is 29.4 Å². The Balaban J connectivity index is 2.90. The molecular formula is C13H16FN3O4. The van der Waals surface area contributed by atoms with Crippen LogP contribution >= 0.6 is 0 Å². The van der Waals surface area contributed by atoms with Gasteiger partial charge in [0.25, 0.3) is 0 Å². The third-order valence-corrected chi connectivity index (χ3v) is 2.50. The van der Waals surface area contributed by atoms with Gasteiger partial charge in [0.15, 0.2) is 6.04 Å². The van der Waals surface area contributed by atoms with Gasteiger partial charge in [0.1, 0.15) is 5.82 Å². The molecule has 1 aromatic carbocycles. The molecule has 1 atom stereocenters. The van der Waals surface area contributed by atoms with E-state index < -0.39 is 23.9 Å². The van der Waals surface area contributed by atoms with Crippen molar-refractivity contribution in [3.8, 4) is 0 Å². The molecule has 0 fully saturated rings. The molecule has 0 saturated carbocycles. The molecule has 21 heavy (non-hydrogen) atoms. The second-order valence-corrected chi connectivity index (χ2v) is 3.97. The SMILES string of the molecule is COC(=O)N/N=C(/C)C(Nc1cccc(F)c1)C(=O)OC. The summed E-state index contributed by atoms with van der Waals surface area (Å²) in [6.45, 7) is 1.50. The summed E-state index contributed by atoms with van der Waals surface area (Å²) in [4.78, 5) is 22.7. The molecule has 7 nitrogen and oxygen atoms in total. The van der Waals surface area contributed by atoms with Crippen molar-refractivity contribution < 1.29 is 23.5 Å². The highest BCUT2D eigenvalue weighted by molar-refractivity contribution is 6.07. The van der Waals surface area contributed by atoms with Crippen molar-refractivity contribution in [2.75, 3.05) is 19.5 Å². The number of hydrazone groups is 1. The van der Waals surface area contributed by atoms with Crippen molar-refractivity contribution in [1.29, 1.82) is 0 Å². The van der Waals surface area contributed by atoms with Gasteiger partial charge in [0, 0.05) is 5.69 Å². The summed E-state index contributed by atoms with van der Waals surface area (Å²) in [6.07, 6.45) is -0.774. The molecule has 1 unspecified atom stereocenters. The smallest absolute Gasteiger partial charge is 0.427 e. The predicted octanol–water partition coefficient (Wildman–Crippen LogP) is 1.51. The minimum absolute atomic E-state index is 0.219. The number of benzene rings is 1. The number of nitrogens with zero attached hydrogens (tertiary/aromatic N) is 1. The number of halogens is 1. The largest absolute Gasteiger partial charge is 0.467 e. The van der Waals surface area contributed by atoms with E-state index in [-0.39, 0.29) is 5.71 Å². The summed E-state index contributed by atoms with van der Waals surface area (Å²) in [7, 11) is 2.40. The Morgan fingerprint density at radius 2 is 2.00 bits per heavy atom. The molecule has 8 heteroatoms. The van der Waals surface area contributed by atoms with Gasteiger partial charge in [-0.25, -0.2) is 19.4 Å². The maximum absolute atomic E-state index is 13.1. The van der Waals surface area contributed by atoms with E-state index in [1.54, 1.807) is 6.07 Å². The second kappa shape index (κ2) is 7.83. The molecule has 1 aromatic rings. The van der Waals surface area contributed by atoms with Crippen LogP contribution in [0.1, 0.15) is 6.92 Å². The average molecular weight is 297 g/mol. The van der Waals surface area contributed by atoms with Gasteiger partial charge in [-0.1, -0.05) is 6.07 Å². The summed E-state index contributed by atoms with van der Waals surface area (Å²) in [5.41, 5.74) is 2.69. The first-order chi connectivity index (χ1) is 9.97. The van der Waals surface area contributed by atoms with E-state index in [1.807, 2.05) is 0 Å². The number of hydrogen-bond donors (Lipinski definition) is 2. The van der Waals surface area contributed by atoms with Gasteiger partial charge in [0.2, 0.25) is 0 Å². The topological polar surface area (TPSA) is 89.0 Å². The molecule has 0 aliphatic heterocycles. The molecular weight excluding hydrogens is 281 g/mol. The highest BCUT2D eigenvalue weighted by Gasteiger charge is 2.23. The molecule has 1 rings (SSSR count). The van der Waals surface area contributed by atoms with E-state index in [9.17, 15) is 14.0 Å². The van der Waals surface area contributed by atoms with E-state index in [2.05, 4.69) is 25.3 Å². The number of rotatable bonds is 5. The number of methoxy groups -OCH3 is 2. The summed E-state index contributed by atoms with van der Waals surface area (Å²) in [5, 5.41) is 6.49. The van der Waals surface area contributed by atoms with E-state index in [4.69, 9.17) is 0 Å². The Hall–Kier alpha value is -2.64. The first-order valence-corrected chi connectivity index (χ1v) is 5.96. The Morgan fingerprint density at radius 3 is 2.57 bits per heavy atom. The fraction of sp³-hybridized carbons (Fsp3) is 0.308. The average Bonchev–Trinajstić information content (AvgIpc) is 2.49. The number of hydrogen-bond acceptors (Lipinski definition) is 6. The Kier molecular flexibility index (Phi) is 6.12. The van der Waals surface area contributed by atoms with Gasteiger partial charge in [-0.2, -0.15) is 5.10 Å². The monoisotopic (exact) mass is 297 g/mol. The third-order valence-electron chi connectivity index (χ3n) is 2.50. The Bertz CT molecular complexity index is 548. The molecule has 0 spiro atoms. The van der Waals surface area contributed by atoms with Crippen LogP contribution in [-0.2, 0) is 14.3 Å². The van der Waals surface area contributed by atoms with Gasteiger partial charge in [-0.15, -0.1) is 0 Å². The van der Waals surface area contributed by atoms with E-state index in [0.717, 1.165) is 0 Å². The zero-order chi connectivity index (χ0) is 15.8. The van der Waals surface area contributed by atoms with Gasteiger partial charge < -0.3 is 14.8 Å². The lowest BCUT2D eigenvalue weighted by Crippen LogP contribution is -2.38. The van der Waals surface area contributed by atoms with Crippen molar-refractivity contribution in [2.45, 2.75) is 13.0 Å². The van der Waals surface area contributed by atoms with Crippen molar-refractivity contribution in [3.05, 3.63) is 30.1 Å². The number of anilines is 1. The summed E-state index contributed by atoms with van der Waals surface area (Å²) >= 11 is 0. The first kappa shape index (κ1) is 16.4. The Morgan fingerprint density at radius 1 is 1.29 bits per heavy atom. The van der Waals surface area contributed by atoms with Crippen molar-refractivity contribution >= 4 is 23.5 Å². The van der Waals surface area contributed by atoms with Crippen LogP contribution < -0.4 is 10.7 Å². The Labute approximate surface area is 121 Å². The molecule has 1 amide bonds. The van der Waals surface area contributed by atoms with Crippen LogP contribution in [0.4, 0.5) is 14.9 Å². The summed E-state index contributed by atoms with van der Waals surface area (Å²) in [6, 6.07) is 4.59. The van der Waals surface area contributed by atoms with E-state index in [0.29, 0.717) is 5.69 Å². The van der Waals surface area contributed by atoms with Crippen LogP contribution in [0.5, 0.6) is 0 Å². The highest BCUT2D eigenvalue weighted by atomic mass is 19.1. The van der Waals surface area contributed by atoms with Gasteiger partial charge in [0.05, 0.1) is 19.9 Å². The molecule has 0 heterocycles. The fourth-order valence-electron chi connectivity index (χ4n) is 1.44. The highest BCUT2D eigenvalue weighted by Crippen LogP contribution is 2.11. The maximum atomic E-state index is 13.1. The van der Waals surface area contributed by atoms with Crippen LogP contribution in [-0.4, -0.2) is 38.0 Å². The van der Waals surface area contributed by atoms with E-state index >= 15 is 0 Å². The number of ether oxygens (including phenoxy) is 2. The molecule has 0 bridgehead atoms. The summed E-state index contributed by atoms with van der Waals surface area (Å²) in [5.74, 6) is -1.09. The lowest BCUT2D eigenvalue weighted by Gasteiger charge is -2.17. The molecule has 0 aromatic heterocycles. The number of amides is 1. The number of carbonyl (C=O) groups excluding carboxylic acids is 2.